The molecule has 0 amide bonds. The Bertz CT molecular complexity index is 879. The first-order chi connectivity index (χ1) is 27.8. The lowest BCUT2D eigenvalue weighted by molar-refractivity contribution is -0.941. The average molecular weight is 775 g/mol. The lowest BCUT2D eigenvalue weighted by Gasteiger charge is -2.39. The molecule has 0 N–H and O–H groups in total. The van der Waals surface area contributed by atoms with Crippen LogP contribution in [0.15, 0.2) is 66.8 Å². The van der Waals surface area contributed by atoms with Crippen molar-refractivity contribution < 1.29 is 4.48 Å². The van der Waals surface area contributed by atoms with Gasteiger partial charge in [-0.1, -0.05) is 242 Å². The molecule has 324 valence electrons. The predicted molar refractivity (Wildman–Crippen MR) is 256 cm³/mol. The molecule has 1 aromatic rings. The summed E-state index contributed by atoms with van der Waals surface area (Å²) >= 11 is 0. The maximum Gasteiger partial charge on any atom is 0.104 e. The Hall–Kier alpha value is -1.60. The summed E-state index contributed by atoms with van der Waals surface area (Å²) in [5.41, 5.74) is 1.52. The highest BCUT2D eigenvalue weighted by atomic mass is 15.3. The Morgan fingerprint density at radius 1 is 0.304 bits per heavy atom. The number of hydrogen-bond acceptors (Lipinski definition) is 0. The fourth-order valence-electron chi connectivity index (χ4n) is 8.60. The smallest absolute Gasteiger partial charge is 0.104 e. The van der Waals surface area contributed by atoms with Crippen molar-refractivity contribution in [3.05, 3.63) is 72.4 Å². The van der Waals surface area contributed by atoms with Crippen LogP contribution in [0.3, 0.4) is 0 Å². The van der Waals surface area contributed by atoms with Gasteiger partial charge >= 0.3 is 0 Å². The molecule has 0 aromatic heterocycles. The molecular weight excluding hydrogens is 675 g/mol. The Kier molecular flexibility index (Phi) is 40.2. The highest BCUT2D eigenvalue weighted by molar-refractivity contribution is 5.13. The van der Waals surface area contributed by atoms with E-state index in [2.05, 4.69) is 87.6 Å². The van der Waals surface area contributed by atoms with Crippen molar-refractivity contribution in [3.8, 4) is 0 Å². The lowest BCUT2D eigenvalue weighted by atomic mass is 10.1. The van der Waals surface area contributed by atoms with Crippen molar-refractivity contribution in [3.63, 3.8) is 0 Å². The van der Waals surface area contributed by atoms with Crippen LogP contribution in [0.4, 0.5) is 0 Å². The minimum Gasteiger partial charge on any atom is -0.320 e. The highest BCUT2D eigenvalue weighted by Crippen LogP contribution is 2.21. The molecule has 0 spiro atoms. The highest BCUT2D eigenvalue weighted by Gasteiger charge is 2.26. The van der Waals surface area contributed by atoms with Gasteiger partial charge in [-0.15, -0.1) is 0 Å². The molecule has 1 heteroatoms. The van der Waals surface area contributed by atoms with E-state index in [4.69, 9.17) is 0 Å². The molecule has 1 nitrogen and oxygen atoms in total. The molecule has 56 heavy (non-hydrogen) atoms. The van der Waals surface area contributed by atoms with Crippen LogP contribution in [0, 0.1) is 0 Å². The molecule has 0 fully saturated rings. The third-order valence-electron chi connectivity index (χ3n) is 12.3. The van der Waals surface area contributed by atoms with E-state index in [1.54, 1.807) is 0 Å². The van der Waals surface area contributed by atoms with Crippen LogP contribution in [-0.2, 0) is 6.54 Å². The van der Waals surface area contributed by atoms with Crippen LogP contribution < -0.4 is 0 Å². The van der Waals surface area contributed by atoms with E-state index in [1.807, 2.05) is 0 Å². The summed E-state index contributed by atoms with van der Waals surface area (Å²) in [6, 6.07) is 11.5. The molecule has 0 unspecified atom stereocenters. The molecule has 0 bridgehead atoms. The van der Waals surface area contributed by atoms with E-state index < -0.39 is 0 Å². The number of hydrogen-bond donors (Lipinski definition) is 0. The second-order valence-corrected chi connectivity index (χ2v) is 17.8. The van der Waals surface area contributed by atoms with Crippen LogP contribution in [0.25, 0.3) is 0 Å². The molecule has 0 atom stereocenters. The summed E-state index contributed by atoms with van der Waals surface area (Å²) in [4.78, 5) is 0. The van der Waals surface area contributed by atoms with E-state index in [0.717, 1.165) is 0 Å². The topological polar surface area (TPSA) is 0 Å². The molecule has 0 heterocycles. The summed E-state index contributed by atoms with van der Waals surface area (Å²) < 4.78 is 1.26. The Morgan fingerprint density at radius 3 is 0.839 bits per heavy atom. The zero-order valence-electron chi connectivity index (χ0n) is 38.6. The Labute approximate surface area is 353 Å². The zero-order valence-corrected chi connectivity index (χ0v) is 38.6. The maximum absolute atomic E-state index is 2.52. The van der Waals surface area contributed by atoms with Gasteiger partial charge < -0.3 is 4.48 Å². The average Bonchev–Trinajstić information content (AvgIpc) is 3.21. The van der Waals surface area contributed by atoms with Crippen molar-refractivity contribution in [1.29, 1.82) is 0 Å². The summed E-state index contributed by atoms with van der Waals surface area (Å²) in [6.07, 6.45) is 64.9. The van der Waals surface area contributed by atoms with Gasteiger partial charge in [0, 0.05) is 24.8 Å². The minimum absolute atomic E-state index is 1.19. The quantitative estimate of drug-likeness (QED) is 0.0352. The number of quaternary nitrogens is 1. The molecule has 0 radical (unpaired) electrons. The normalized spacial score (nSPS) is 12.3. The third kappa shape index (κ3) is 35.6. The first kappa shape index (κ1) is 52.4. The van der Waals surface area contributed by atoms with Gasteiger partial charge in [0.2, 0.25) is 0 Å². The molecule has 0 saturated carbocycles. The van der Waals surface area contributed by atoms with E-state index >= 15 is 0 Å². The second-order valence-electron chi connectivity index (χ2n) is 17.8. The van der Waals surface area contributed by atoms with Gasteiger partial charge in [0.1, 0.15) is 6.54 Å². The van der Waals surface area contributed by atoms with Crippen molar-refractivity contribution in [2.24, 2.45) is 0 Å². The number of unbranched alkanes of at least 4 members (excludes halogenated alkanes) is 30. The summed E-state index contributed by atoms with van der Waals surface area (Å²) in [7, 11) is 0. The van der Waals surface area contributed by atoms with Crippen LogP contribution in [0.5, 0.6) is 0 Å². The maximum atomic E-state index is 2.52. The van der Waals surface area contributed by atoms with Gasteiger partial charge in [-0.2, -0.15) is 0 Å². The van der Waals surface area contributed by atoms with Crippen LogP contribution in [-0.4, -0.2) is 24.1 Å². The van der Waals surface area contributed by atoms with Gasteiger partial charge in [-0.3, -0.25) is 0 Å². The fourth-order valence-corrected chi connectivity index (χ4v) is 8.60. The molecule has 0 aliphatic rings. The third-order valence-corrected chi connectivity index (χ3v) is 12.3. The monoisotopic (exact) mass is 775 g/mol. The molecular formula is C55H100N+. The Balaban J connectivity index is 2.59. The van der Waals surface area contributed by atoms with E-state index in [9.17, 15) is 0 Å². The fraction of sp³-hybridized carbons (Fsp3) is 0.782. The SMILES string of the molecule is CCCCCCCCCCC/C=C/CCC[N+](CCC/C=C/CCCCCCCCCCC)(CCC/C=C/CCCCCCCCCCC)Cc1ccccc1. The number of rotatable bonds is 44. The van der Waals surface area contributed by atoms with E-state index in [0.29, 0.717) is 0 Å². The zero-order chi connectivity index (χ0) is 40.1. The first-order valence-corrected chi connectivity index (χ1v) is 25.6. The molecule has 0 aliphatic heterocycles. The Morgan fingerprint density at radius 2 is 0.554 bits per heavy atom. The van der Waals surface area contributed by atoms with Crippen LogP contribution in [0.1, 0.15) is 257 Å². The molecule has 1 rings (SSSR count). The van der Waals surface area contributed by atoms with Gasteiger partial charge in [-0.25, -0.2) is 0 Å². The number of nitrogens with zero attached hydrogens (tertiary/aromatic N) is 1. The molecule has 0 aliphatic carbocycles. The van der Waals surface area contributed by atoms with Crippen molar-refractivity contribution >= 4 is 0 Å². The van der Waals surface area contributed by atoms with Crippen LogP contribution >= 0.6 is 0 Å². The van der Waals surface area contributed by atoms with Crippen molar-refractivity contribution in [2.45, 2.75) is 258 Å². The predicted octanol–water partition coefficient (Wildman–Crippen LogP) is 18.8. The largest absolute Gasteiger partial charge is 0.320 e. The second kappa shape index (κ2) is 43.0. The summed E-state index contributed by atoms with van der Waals surface area (Å²) in [6.45, 7) is 12.0. The summed E-state index contributed by atoms with van der Waals surface area (Å²) in [5, 5.41) is 0. The first-order valence-electron chi connectivity index (χ1n) is 25.6. The minimum atomic E-state index is 1.19. The number of allylic oxidation sites excluding steroid dienone is 6. The lowest BCUT2D eigenvalue weighted by Crippen LogP contribution is -2.49. The molecule has 0 saturated heterocycles. The standard InChI is InChI=1S/C55H100N/c1-4-7-10-13-16-19-22-25-28-31-34-37-40-46-51-56(54-55-49-44-43-45-50-55,52-47-41-38-35-32-29-26-23-20-17-14-11-8-5-2)53-48-42-39-36-33-30-27-24-21-18-15-12-9-6-3/h34-39,43-45,49-50H,4-33,40-42,46-48,51-54H2,1-3H3/q+1/b37-34+,38-35+,39-36+. The van der Waals surface area contributed by atoms with Gasteiger partial charge in [0.15, 0.2) is 0 Å². The number of benzene rings is 1. The van der Waals surface area contributed by atoms with Gasteiger partial charge in [-0.05, 0) is 57.8 Å². The molecule has 1 aromatic carbocycles. The van der Waals surface area contributed by atoms with Crippen molar-refractivity contribution in [2.75, 3.05) is 19.6 Å². The van der Waals surface area contributed by atoms with Gasteiger partial charge in [0.25, 0.3) is 0 Å². The summed E-state index contributed by atoms with van der Waals surface area (Å²) in [5.74, 6) is 0. The van der Waals surface area contributed by atoms with E-state index in [-0.39, 0.29) is 0 Å². The van der Waals surface area contributed by atoms with E-state index in [1.165, 1.54) is 267 Å². The van der Waals surface area contributed by atoms with Crippen molar-refractivity contribution in [1.82, 2.24) is 0 Å². The van der Waals surface area contributed by atoms with Gasteiger partial charge in [0.05, 0.1) is 19.6 Å². The van der Waals surface area contributed by atoms with Crippen LogP contribution in [0.2, 0.25) is 0 Å².